The fourth-order valence-corrected chi connectivity index (χ4v) is 7.85. The Morgan fingerprint density at radius 1 is 1.11 bits per heavy atom. The molecule has 2 bridgehead atoms. The van der Waals surface area contributed by atoms with Crippen LogP contribution in [0.2, 0.25) is 0 Å². The van der Waals surface area contributed by atoms with E-state index in [1.165, 1.54) is 6.07 Å². The van der Waals surface area contributed by atoms with Crippen LogP contribution in [0.3, 0.4) is 0 Å². The Labute approximate surface area is 279 Å². The van der Waals surface area contributed by atoms with Crippen molar-refractivity contribution in [3.05, 3.63) is 65.5 Å². The van der Waals surface area contributed by atoms with Gasteiger partial charge in [-0.25, -0.2) is 4.39 Å². The summed E-state index contributed by atoms with van der Waals surface area (Å²) in [5.41, 5.74) is 1.16. The highest BCUT2D eigenvalue weighted by atomic mass is 19.1. The van der Waals surface area contributed by atoms with Gasteiger partial charge in [-0.05, 0) is 99.8 Å². The van der Waals surface area contributed by atoms with Crippen molar-refractivity contribution in [2.24, 2.45) is 29.1 Å². The van der Waals surface area contributed by atoms with Crippen LogP contribution in [0, 0.1) is 46.2 Å². The number of benzene rings is 2. The molecule has 2 unspecified atom stereocenters. The smallest absolute Gasteiger partial charge is 0.482 e. The van der Waals surface area contributed by atoms with E-state index < -0.39 is 35.9 Å². The van der Waals surface area contributed by atoms with E-state index in [0.717, 1.165) is 24.0 Å². The van der Waals surface area contributed by atoms with E-state index in [2.05, 4.69) is 37.5 Å². The van der Waals surface area contributed by atoms with Crippen LogP contribution in [-0.4, -0.2) is 48.7 Å². The van der Waals surface area contributed by atoms with E-state index in [1.54, 1.807) is 12.1 Å². The Morgan fingerprint density at radius 3 is 2.49 bits per heavy atom. The molecule has 1 heterocycles. The van der Waals surface area contributed by atoms with Crippen LogP contribution in [-0.2, 0) is 31.7 Å². The number of carbonyl (C=O) groups is 2. The number of nitrogens with one attached hydrogen (secondary N) is 2. The molecular formula is C37H49BFN3O5. The Morgan fingerprint density at radius 2 is 1.83 bits per heavy atom. The predicted octanol–water partition coefficient (Wildman–Crippen LogP) is 5.82. The maximum Gasteiger partial charge on any atom is 0.482 e. The SMILES string of the molecule is CC(Cc1ccc(F)c(OCCC(=O)N[C@@H](Cc2ccccc2)B2O[C@@H]3C[C@@H]4C[C@@H](C4(C)C)[C@]3(C)O2)c1)C(C#N)C(=O)NC(C)(C)C. The van der Waals surface area contributed by atoms with Crippen LogP contribution >= 0.6 is 0 Å². The second kappa shape index (κ2) is 13.6. The van der Waals surface area contributed by atoms with Gasteiger partial charge in [0.25, 0.3) is 0 Å². The van der Waals surface area contributed by atoms with Gasteiger partial charge in [-0.15, -0.1) is 0 Å². The number of nitriles is 1. The molecule has 1 aliphatic heterocycles. The highest BCUT2D eigenvalue weighted by Gasteiger charge is 2.68. The molecular weight excluding hydrogens is 596 g/mol. The van der Waals surface area contributed by atoms with Crippen molar-refractivity contribution in [3.8, 4) is 11.8 Å². The minimum absolute atomic E-state index is 0.00272. The quantitative estimate of drug-likeness (QED) is 0.282. The zero-order valence-electron chi connectivity index (χ0n) is 28.8. The van der Waals surface area contributed by atoms with E-state index in [4.69, 9.17) is 14.0 Å². The van der Waals surface area contributed by atoms with Crippen LogP contribution in [0.1, 0.15) is 78.9 Å². The molecule has 0 spiro atoms. The number of hydrogen-bond donors (Lipinski definition) is 2. The molecule has 8 nitrogen and oxygen atoms in total. The van der Waals surface area contributed by atoms with Crippen LogP contribution in [0.4, 0.5) is 4.39 Å². The van der Waals surface area contributed by atoms with Crippen molar-refractivity contribution in [3.63, 3.8) is 0 Å². The van der Waals surface area contributed by atoms with E-state index in [-0.39, 0.29) is 48.0 Å². The third-order valence-electron chi connectivity index (χ3n) is 10.6. The van der Waals surface area contributed by atoms with Crippen molar-refractivity contribution in [1.29, 1.82) is 5.26 Å². The molecule has 0 radical (unpaired) electrons. The normalized spacial score (nSPS) is 26.2. The van der Waals surface area contributed by atoms with Gasteiger partial charge in [0.2, 0.25) is 11.8 Å². The first-order valence-electron chi connectivity index (χ1n) is 16.9. The van der Waals surface area contributed by atoms with Crippen molar-refractivity contribution < 1.29 is 28.0 Å². The summed E-state index contributed by atoms with van der Waals surface area (Å²) in [7, 11) is -0.580. The van der Waals surface area contributed by atoms with Crippen molar-refractivity contribution in [2.45, 2.75) is 104 Å². The third-order valence-corrected chi connectivity index (χ3v) is 10.6. The van der Waals surface area contributed by atoms with Gasteiger partial charge in [0.05, 0.1) is 36.7 Å². The molecule has 2 aromatic carbocycles. The fraction of sp³-hybridized carbons (Fsp3) is 0.595. The second-order valence-electron chi connectivity index (χ2n) is 15.6. The maximum absolute atomic E-state index is 14.7. The molecule has 2 amide bonds. The van der Waals surface area contributed by atoms with Gasteiger partial charge in [0, 0.05) is 5.54 Å². The van der Waals surface area contributed by atoms with Gasteiger partial charge in [-0.1, -0.05) is 57.2 Å². The van der Waals surface area contributed by atoms with Crippen LogP contribution < -0.4 is 15.4 Å². The van der Waals surface area contributed by atoms with E-state index >= 15 is 0 Å². The average molecular weight is 646 g/mol. The highest BCUT2D eigenvalue weighted by Crippen LogP contribution is 2.65. The fourth-order valence-electron chi connectivity index (χ4n) is 7.85. The Hall–Kier alpha value is -3.42. The van der Waals surface area contributed by atoms with Crippen molar-refractivity contribution in [1.82, 2.24) is 10.6 Å². The summed E-state index contributed by atoms with van der Waals surface area (Å²) in [6.45, 7) is 14.2. The summed E-state index contributed by atoms with van der Waals surface area (Å²) in [6, 6.07) is 16.6. The van der Waals surface area contributed by atoms with Gasteiger partial charge in [0.1, 0.15) is 5.92 Å². The third kappa shape index (κ3) is 7.68. The molecule has 3 saturated carbocycles. The summed E-state index contributed by atoms with van der Waals surface area (Å²) in [4.78, 5) is 25.9. The largest absolute Gasteiger partial charge is 0.490 e. The second-order valence-corrected chi connectivity index (χ2v) is 15.6. The summed E-state index contributed by atoms with van der Waals surface area (Å²) < 4.78 is 33.7. The number of hydrogen-bond acceptors (Lipinski definition) is 6. The molecule has 1 saturated heterocycles. The summed E-state index contributed by atoms with van der Waals surface area (Å²) >= 11 is 0. The lowest BCUT2D eigenvalue weighted by Crippen LogP contribution is -2.65. The van der Waals surface area contributed by atoms with Crippen LogP contribution in [0.15, 0.2) is 48.5 Å². The number of ether oxygens (including phenoxy) is 1. The molecule has 6 rings (SSSR count). The number of halogens is 1. The lowest BCUT2D eigenvalue weighted by atomic mass is 9.43. The molecule has 0 aromatic heterocycles. The zero-order chi connectivity index (χ0) is 34.1. The molecule has 7 atom stereocenters. The van der Waals surface area contributed by atoms with Gasteiger partial charge in [-0.2, -0.15) is 5.26 Å². The summed E-state index contributed by atoms with van der Waals surface area (Å²) in [5.74, 6) is -1.63. The Balaban J connectivity index is 1.19. The molecule has 47 heavy (non-hydrogen) atoms. The first-order valence-corrected chi connectivity index (χ1v) is 16.9. The summed E-state index contributed by atoms with van der Waals surface area (Å²) in [5, 5.41) is 15.7. The lowest BCUT2D eigenvalue weighted by Gasteiger charge is -2.64. The molecule has 2 aromatic rings. The van der Waals surface area contributed by atoms with Crippen molar-refractivity contribution >= 4 is 18.9 Å². The van der Waals surface area contributed by atoms with Gasteiger partial charge < -0.3 is 24.7 Å². The van der Waals surface area contributed by atoms with Gasteiger partial charge in [0.15, 0.2) is 11.6 Å². The first kappa shape index (κ1) is 34.9. The predicted molar refractivity (Wildman–Crippen MR) is 179 cm³/mol. The topological polar surface area (TPSA) is 110 Å². The molecule has 2 N–H and O–H groups in total. The number of amides is 2. The molecule has 252 valence electrons. The number of carbonyl (C=O) groups excluding carboxylic acids is 2. The highest BCUT2D eigenvalue weighted by molar-refractivity contribution is 6.48. The average Bonchev–Trinajstić information content (AvgIpc) is 3.35. The molecule has 3 aliphatic carbocycles. The van der Waals surface area contributed by atoms with Crippen LogP contribution in [0.25, 0.3) is 0 Å². The van der Waals surface area contributed by atoms with Gasteiger partial charge in [-0.3, -0.25) is 9.59 Å². The Kier molecular flexibility index (Phi) is 10.1. The monoisotopic (exact) mass is 645 g/mol. The molecule has 4 aliphatic rings. The maximum atomic E-state index is 14.7. The summed E-state index contributed by atoms with van der Waals surface area (Å²) in [6.07, 6.45) is 3.04. The van der Waals surface area contributed by atoms with Crippen LogP contribution in [0.5, 0.6) is 5.75 Å². The van der Waals surface area contributed by atoms with Crippen molar-refractivity contribution in [2.75, 3.05) is 6.61 Å². The Bertz CT molecular complexity index is 1490. The number of rotatable bonds is 12. The minimum atomic E-state index is -0.854. The number of nitrogens with zero attached hydrogens (tertiary/aromatic N) is 1. The van der Waals surface area contributed by atoms with E-state index in [0.29, 0.717) is 24.7 Å². The zero-order valence-corrected chi connectivity index (χ0v) is 28.8. The molecule has 4 fully saturated rings. The molecule has 10 heteroatoms. The first-order chi connectivity index (χ1) is 22.1. The standard InChI is InChI=1S/C37H49BFN3O5/c1-23(27(22-40)34(44)42-35(2,3)4)17-25-13-14-28(39)29(18-25)45-16-15-33(43)41-32(19-24-11-9-8-10-12-24)38-46-31-21-26-20-30(36(26,5)6)37(31,7)47-38/h8-14,18,23,26-27,30-32H,15-17,19-21H2,1-7H3,(H,41,43)(H,42,44)/t23?,26-,27?,30-,31+,32-,37-/m0/s1. The van der Waals surface area contributed by atoms with E-state index in [9.17, 15) is 19.2 Å². The van der Waals surface area contributed by atoms with Gasteiger partial charge >= 0.3 is 7.12 Å². The minimum Gasteiger partial charge on any atom is -0.490 e. The van der Waals surface area contributed by atoms with E-state index in [1.807, 2.05) is 58.0 Å². The lowest BCUT2D eigenvalue weighted by molar-refractivity contribution is -0.199.